The van der Waals surface area contributed by atoms with Crippen LogP contribution in [0, 0.1) is 77.9 Å². The normalized spacial score (nSPS) is 11.6. The van der Waals surface area contributed by atoms with Gasteiger partial charge in [-0.3, -0.25) is 0 Å². The van der Waals surface area contributed by atoms with Crippen molar-refractivity contribution in [3.63, 3.8) is 0 Å². The number of hydrogen-bond donors (Lipinski definition) is 0. The molecule has 6 aliphatic carbocycles. The summed E-state index contributed by atoms with van der Waals surface area (Å²) in [4.78, 5) is 0. The molecule has 0 unspecified atom stereocenters. The molecule has 0 fully saturated rings. The smallest absolute Gasteiger partial charge is 0 e. The molecule has 0 saturated carbocycles. The standard InChI is InChI=1S/6C15H12.6Y/c1-2-11-7-5-8-13-10-12-6-3-4-9-14(12)15(11)13;1-2-11-7-5-9-14-13-8-4-3-6-12(13)10-15(11)14;2*1-2-11-7-8-15-13(9-11)10-12-5-3-4-6-14(12)15;2*1-2-11-7-8-13-10-12-5-3-4-6-14(12)15(13)9-11;;;;;;/h3*3-6,8-9H,1-2,10H2;3-8H,1-2,10H2;3-6,8-9H,1-2,10H2;3-8H,1-2,10H2;;;;;;/q6*-2;;;;;;. The summed E-state index contributed by atoms with van der Waals surface area (Å²) >= 11 is 0. The molecule has 0 amide bonds. The van der Waals surface area contributed by atoms with Gasteiger partial charge in [-0.05, 0) is 60.8 Å². The molecule has 0 nitrogen and oxygen atoms in total. The second kappa shape index (κ2) is 38.5. The molecule has 0 bridgehead atoms. The van der Waals surface area contributed by atoms with Gasteiger partial charge in [0.15, 0.2) is 0 Å². The molecule has 0 N–H and O–H groups in total. The van der Waals surface area contributed by atoms with E-state index in [-0.39, 0.29) is 196 Å². The van der Waals surface area contributed by atoms with Crippen LogP contribution in [0.15, 0.2) is 218 Å². The maximum absolute atomic E-state index is 3.98. The first-order chi connectivity index (χ1) is 44.3. The van der Waals surface area contributed by atoms with E-state index in [2.05, 4.69) is 284 Å². The third-order valence-electron chi connectivity index (χ3n) is 18.4. The molecule has 0 atom stereocenters. The number of benzene rings is 12. The molecule has 0 saturated heterocycles. The molecule has 96 heavy (non-hydrogen) atoms. The van der Waals surface area contributed by atoms with E-state index in [0.717, 1.165) is 77.0 Å². The van der Waals surface area contributed by atoms with Gasteiger partial charge in [0.25, 0.3) is 0 Å². The van der Waals surface area contributed by atoms with E-state index >= 15 is 0 Å². The van der Waals surface area contributed by atoms with Crippen molar-refractivity contribution in [3.8, 4) is 66.8 Å². The fraction of sp³-hybridized carbons (Fsp3) is 0.133. The molecule has 6 aliphatic rings. The van der Waals surface area contributed by atoms with Crippen LogP contribution in [0.1, 0.15) is 100 Å². The minimum absolute atomic E-state index is 0. The van der Waals surface area contributed by atoms with Gasteiger partial charge in [0.1, 0.15) is 0 Å². The second-order valence-corrected chi connectivity index (χ2v) is 23.8. The summed E-state index contributed by atoms with van der Waals surface area (Å²) in [7, 11) is 0. The zero-order valence-corrected chi connectivity index (χ0v) is 72.0. The molecule has 6 heteroatoms. The van der Waals surface area contributed by atoms with Crippen molar-refractivity contribution in [1.29, 1.82) is 0 Å². The third kappa shape index (κ3) is 18.0. The predicted octanol–water partition coefficient (Wildman–Crippen LogP) is 20.6. The molecule has 462 valence electrons. The quantitative estimate of drug-likeness (QED) is 0.146. The largest absolute Gasteiger partial charge is 0.341 e. The number of rotatable bonds is 6. The molecule has 12 aromatic carbocycles. The molecule has 6 radical (unpaired) electrons. The third-order valence-corrected chi connectivity index (χ3v) is 18.4. The first kappa shape index (κ1) is 80.6. The van der Waals surface area contributed by atoms with Crippen molar-refractivity contribution in [2.24, 2.45) is 0 Å². The van der Waals surface area contributed by atoms with Crippen LogP contribution in [0.4, 0.5) is 0 Å². The zero-order chi connectivity index (χ0) is 61.5. The summed E-state index contributed by atoms with van der Waals surface area (Å²) in [5.74, 6) is 0. The van der Waals surface area contributed by atoms with Crippen LogP contribution in [0.5, 0.6) is 0 Å². The maximum atomic E-state index is 3.98. The molecular weight excluding hydrogens is 1610 g/mol. The zero-order valence-electron chi connectivity index (χ0n) is 55.0. The number of hydrogen-bond acceptors (Lipinski definition) is 0. The Morgan fingerprint density at radius 2 is 0.698 bits per heavy atom. The number of fused-ring (bicyclic) bond motifs is 18. The summed E-state index contributed by atoms with van der Waals surface area (Å²) in [5.41, 5.74) is 40.7. The topological polar surface area (TPSA) is 0 Å². The molecule has 0 aliphatic heterocycles. The average Bonchev–Trinajstić information content (AvgIpc) is 1.72. The molecule has 12 aromatic rings. The molecular formula is C90H72Y6-12. The summed E-state index contributed by atoms with van der Waals surface area (Å²) in [5, 5.41) is 0. The molecule has 0 heterocycles. The minimum Gasteiger partial charge on any atom is -0.341 e. The van der Waals surface area contributed by atoms with Crippen LogP contribution in [0.25, 0.3) is 66.8 Å². The molecule has 0 spiro atoms. The molecule has 18 rings (SSSR count). The molecule has 0 aromatic heterocycles. The monoisotopic (exact) mass is 1690 g/mol. The Balaban J connectivity index is 0.000000161. The van der Waals surface area contributed by atoms with Crippen LogP contribution < -0.4 is 0 Å². The van der Waals surface area contributed by atoms with Crippen LogP contribution in [-0.2, 0) is 273 Å². The summed E-state index contributed by atoms with van der Waals surface area (Å²) in [6.45, 7) is 23.6. The van der Waals surface area contributed by atoms with Gasteiger partial charge in [0.2, 0.25) is 0 Å². The first-order valence-corrected chi connectivity index (χ1v) is 31.8. The van der Waals surface area contributed by atoms with Gasteiger partial charge in [-0.1, -0.05) is 190 Å². The van der Waals surface area contributed by atoms with E-state index in [0.29, 0.717) is 0 Å². The van der Waals surface area contributed by atoms with Crippen LogP contribution in [0.3, 0.4) is 0 Å². The van der Waals surface area contributed by atoms with E-state index in [1.54, 1.807) is 0 Å². The van der Waals surface area contributed by atoms with Crippen LogP contribution in [0.2, 0.25) is 0 Å². The van der Waals surface area contributed by atoms with Gasteiger partial charge >= 0.3 is 0 Å². The summed E-state index contributed by atoms with van der Waals surface area (Å²) in [6, 6.07) is 97.5. The Morgan fingerprint density at radius 1 is 0.260 bits per heavy atom. The van der Waals surface area contributed by atoms with Gasteiger partial charge in [-0.15, -0.1) is 85.0 Å². The fourth-order valence-corrected chi connectivity index (χ4v) is 13.8. The van der Waals surface area contributed by atoms with Crippen LogP contribution >= 0.6 is 0 Å². The summed E-state index contributed by atoms with van der Waals surface area (Å²) < 4.78 is 0. The van der Waals surface area contributed by atoms with Gasteiger partial charge in [-0.25, -0.2) is 0 Å². The maximum Gasteiger partial charge on any atom is 0 e. The van der Waals surface area contributed by atoms with Crippen molar-refractivity contribution in [1.82, 2.24) is 0 Å². The van der Waals surface area contributed by atoms with Crippen molar-refractivity contribution in [2.75, 3.05) is 0 Å². The van der Waals surface area contributed by atoms with Gasteiger partial charge in [-0.2, -0.15) is 163 Å². The van der Waals surface area contributed by atoms with Gasteiger partial charge in [0.05, 0.1) is 0 Å². The van der Waals surface area contributed by atoms with E-state index in [1.165, 1.54) is 167 Å². The van der Waals surface area contributed by atoms with Gasteiger partial charge in [0, 0.05) is 196 Å². The fourth-order valence-electron chi connectivity index (χ4n) is 13.8. The first-order valence-electron chi connectivity index (χ1n) is 31.8. The minimum atomic E-state index is 0. The second-order valence-electron chi connectivity index (χ2n) is 23.8. The Hall–Kier alpha value is -2.74. The van der Waals surface area contributed by atoms with E-state index in [4.69, 9.17) is 0 Å². The van der Waals surface area contributed by atoms with Crippen molar-refractivity contribution >= 4 is 0 Å². The van der Waals surface area contributed by atoms with E-state index in [1.807, 2.05) is 12.1 Å². The Bertz CT molecular complexity index is 4390. The Morgan fingerprint density at radius 3 is 1.31 bits per heavy atom. The van der Waals surface area contributed by atoms with Crippen molar-refractivity contribution < 1.29 is 196 Å². The predicted molar refractivity (Wildman–Crippen MR) is 375 cm³/mol. The Labute approximate surface area is 725 Å². The average molecular weight is 1690 g/mol. The summed E-state index contributed by atoms with van der Waals surface area (Å²) in [6.07, 6.45) is 11.2. The van der Waals surface area contributed by atoms with E-state index in [9.17, 15) is 0 Å². The van der Waals surface area contributed by atoms with Gasteiger partial charge < -0.3 is 41.5 Å². The van der Waals surface area contributed by atoms with Crippen molar-refractivity contribution in [2.45, 2.75) is 77.0 Å². The van der Waals surface area contributed by atoms with Crippen molar-refractivity contribution in [3.05, 3.63) is 396 Å². The Kier molecular flexibility index (Phi) is 32.3. The SMILES string of the molecule is [CH2-]Cc1[c-]c2c(cc1)-c1ccccc1C2.[CH2-]Cc1[c-]c2c(cc1)Cc1ccccc1-2.[CH2-]Cc1[c-]cc2c(c1)-c1ccccc1C2.[CH2-]Cc1[c-]cc2c(c1)Cc1ccccc1-2.[CH2-]Cc1[c-]ccc2c1-c1ccccc1C2.[CH2-]Cc1[c-]ccc2c1Cc1ccccc1-2.[Y].[Y].[Y].[Y].[Y].[Y]. The van der Waals surface area contributed by atoms with E-state index < -0.39 is 0 Å². The van der Waals surface area contributed by atoms with Crippen LogP contribution in [-0.4, -0.2) is 0 Å².